The lowest BCUT2D eigenvalue weighted by Crippen LogP contribution is -2.49. The number of ether oxygens (including phenoxy) is 1. The predicted octanol–water partition coefficient (Wildman–Crippen LogP) is 4.34. The van der Waals surface area contributed by atoms with Crippen LogP contribution in [0.2, 0.25) is 0 Å². The molecule has 0 aromatic heterocycles. The predicted molar refractivity (Wildman–Crippen MR) is 99.5 cm³/mol. The normalized spacial score (nSPS) is 19.1. The van der Waals surface area contributed by atoms with Crippen LogP contribution in [0.4, 0.5) is 0 Å². The third-order valence-electron chi connectivity index (χ3n) is 4.15. The topological polar surface area (TPSA) is 68.2 Å². The lowest BCUT2D eigenvalue weighted by Gasteiger charge is -2.39. The molecule has 0 spiro atoms. The van der Waals surface area contributed by atoms with E-state index in [2.05, 4.69) is 12.1 Å². The Bertz CT molecular complexity index is 615. The van der Waals surface area contributed by atoms with Crippen LogP contribution in [0.15, 0.2) is 59.6 Å². The highest BCUT2D eigenvalue weighted by molar-refractivity contribution is 5.58. The second-order valence-electron chi connectivity index (χ2n) is 6.14. The van der Waals surface area contributed by atoms with Crippen molar-refractivity contribution in [1.82, 2.24) is 5.06 Å². The van der Waals surface area contributed by atoms with Crippen LogP contribution >= 0.6 is 0 Å². The summed E-state index contributed by atoms with van der Waals surface area (Å²) < 4.78 is 5.84. The molecule has 26 heavy (non-hydrogen) atoms. The van der Waals surface area contributed by atoms with Crippen LogP contribution in [0.5, 0.6) is 0 Å². The zero-order valence-electron chi connectivity index (χ0n) is 15.1. The van der Waals surface area contributed by atoms with Crippen LogP contribution < -0.4 is 0 Å². The molecule has 0 N–H and O–H groups in total. The Kier molecular flexibility index (Phi) is 8.72. The van der Waals surface area contributed by atoms with Crippen LogP contribution in [-0.2, 0) is 21.0 Å². The van der Waals surface area contributed by atoms with Crippen LogP contribution in [0.1, 0.15) is 38.2 Å². The van der Waals surface area contributed by atoms with Gasteiger partial charge in [0.2, 0.25) is 0 Å². The Balaban J connectivity index is 1.88. The van der Waals surface area contributed by atoms with Gasteiger partial charge in [0.1, 0.15) is 18.2 Å². The van der Waals surface area contributed by atoms with Crippen molar-refractivity contribution in [3.05, 3.63) is 64.9 Å². The maximum Gasteiger partial charge on any atom is 0.175 e. The molecule has 1 aromatic carbocycles. The van der Waals surface area contributed by atoms with Gasteiger partial charge in [-0.3, -0.25) is 4.84 Å². The molecule has 0 saturated carbocycles. The number of nitroso groups, excluding NO2 is 1. The van der Waals surface area contributed by atoms with E-state index in [4.69, 9.17) is 9.57 Å². The van der Waals surface area contributed by atoms with Gasteiger partial charge in [0.25, 0.3) is 0 Å². The molecular weight excluding hydrogens is 332 g/mol. The fraction of sp³-hybridized carbons (Fsp3) is 0.450. The molecule has 1 saturated heterocycles. The van der Waals surface area contributed by atoms with E-state index in [1.165, 1.54) is 0 Å². The maximum absolute atomic E-state index is 11.4. The van der Waals surface area contributed by atoms with Crippen molar-refractivity contribution in [3.63, 3.8) is 0 Å². The van der Waals surface area contributed by atoms with Gasteiger partial charge in [0, 0.05) is 13.0 Å². The summed E-state index contributed by atoms with van der Waals surface area (Å²) in [5, 5.41) is 4.52. The lowest BCUT2D eigenvalue weighted by atomic mass is 10.0. The highest BCUT2D eigenvalue weighted by Gasteiger charge is 2.33. The summed E-state index contributed by atoms with van der Waals surface area (Å²) in [4.78, 5) is 27.9. The van der Waals surface area contributed by atoms with Gasteiger partial charge in [-0.2, -0.15) is 0 Å². The van der Waals surface area contributed by atoms with Crippen molar-refractivity contribution in [3.8, 4) is 0 Å². The largest absolute Gasteiger partial charge is 0.475 e. The van der Waals surface area contributed by atoms with E-state index in [0.29, 0.717) is 13.0 Å². The second kappa shape index (κ2) is 11.3. The van der Waals surface area contributed by atoms with E-state index >= 15 is 0 Å². The number of allylic oxidation sites excluding steroid dienone is 3. The summed E-state index contributed by atoms with van der Waals surface area (Å²) >= 11 is 0. The summed E-state index contributed by atoms with van der Waals surface area (Å²) in [5.74, 6) is -0.230. The molecule has 140 valence electrons. The Morgan fingerprint density at radius 2 is 2.15 bits per heavy atom. The van der Waals surface area contributed by atoms with Crippen LogP contribution in [0.3, 0.4) is 0 Å². The first-order valence-electron chi connectivity index (χ1n) is 9.01. The number of carbonyl (C=O) groups excluding carboxylic acids is 1. The summed E-state index contributed by atoms with van der Waals surface area (Å²) in [7, 11) is 0. The highest BCUT2D eigenvalue weighted by atomic mass is 16.7. The number of benzene rings is 1. The van der Waals surface area contributed by atoms with Gasteiger partial charge in [0.15, 0.2) is 6.23 Å². The number of hydrogen-bond acceptors (Lipinski definition) is 6. The number of hydroxylamine groups is 2. The van der Waals surface area contributed by atoms with E-state index < -0.39 is 5.92 Å². The van der Waals surface area contributed by atoms with E-state index in [9.17, 15) is 9.70 Å². The summed E-state index contributed by atoms with van der Waals surface area (Å²) in [5.41, 5.74) is 1.07. The van der Waals surface area contributed by atoms with E-state index in [1.807, 2.05) is 42.5 Å². The number of nitrogens with zero attached hydrogens (tertiary/aromatic N) is 2. The van der Waals surface area contributed by atoms with Gasteiger partial charge >= 0.3 is 0 Å². The first kappa shape index (κ1) is 20.0. The highest BCUT2D eigenvalue weighted by Crippen LogP contribution is 2.26. The zero-order chi connectivity index (χ0) is 18.6. The van der Waals surface area contributed by atoms with Crippen molar-refractivity contribution in [2.24, 2.45) is 11.1 Å². The molecule has 6 heteroatoms. The zero-order valence-corrected chi connectivity index (χ0v) is 15.1. The fourth-order valence-corrected chi connectivity index (χ4v) is 2.53. The van der Waals surface area contributed by atoms with Crippen molar-refractivity contribution in [2.45, 2.75) is 45.4 Å². The Morgan fingerprint density at radius 3 is 2.77 bits per heavy atom. The minimum atomic E-state index is -0.516. The molecule has 1 fully saturated rings. The summed E-state index contributed by atoms with van der Waals surface area (Å²) in [6, 6.07) is 9.85. The molecule has 6 nitrogen and oxygen atoms in total. The van der Waals surface area contributed by atoms with Crippen LogP contribution in [0, 0.1) is 10.8 Å². The SMILES string of the molecule is CCC/C=C/CC(C=O)/C(=C/N=O)O[C@@H]1CCN1OCc1ccccc1. The number of hydrogen-bond donors (Lipinski definition) is 0. The van der Waals surface area contributed by atoms with Crippen molar-refractivity contribution < 1.29 is 14.4 Å². The van der Waals surface area contributed by atoms with Crippen molar-refractivity contribution in [2.75, 3.05) is 6.54 Å². The Labute approximate surface area is 154 Å². The monoisotopic (exact) mass is 358 g/mol. The van der Waals surface area contributed by atoms with Crippen LogP contribution in [-0.4, -0.2) is 24.1 Å². The second-order valence-corrected chi connectivity index (χ2v) is 6.14. The number of rotatable bonds is 12. The molecule has 0 radical (unpaired) electrons. The molecular formula is C20H26N2O4. The molecule has 0 aliphatic carbocycles. The van der Waals surface area contributed by atoms with Gasteiger partial charge in [-0.1, -0.05) is 55.8 Å². The van der Waals surface area contributed by atoms with Gasteiger partial charge in [-0.25, -0.2) is 0 Å². The first-order chi connectivity index (χ1) is 12.8. The molecule has 1 heterocycles. The average molecular weight is 358 g/mol. The number of aldehydes is 1. The Hall–Kier alpha value is -2.31. The Morgan fingerprint density at radius 1 is 1.35 bits per heavy atom. The summed E-state index contributed by atoms with van der Waals surface area (Å²) in [6.45, 7) is 3.27. The third kappa shape index (κ3) is 6.20. The molecule has 2 rings (SSSR count). The molecule has 2 atom stereocenters. The summed E-state index contributed by atoms with van der Waals surface area (Å²) in [6.07, 6.45) is 8.80. The minimum Gasteiger partial charge on any atom is -0.475 e. The third-order valence-corrected chi connectivity index (χ3v) is 4.15. The van der Waals surface area contributed by atoms with Gasteiger partial charge in [0.05, 0.1) is 12.5 Å². The minimum absolute atomic E-state index is 0.286. The quantitative estimate of drug-likeness (QED) is 0.241. The van der Waals surface area contributed by atoms with E-state index in [1.54, 1.807) is 5.06 Å². The maximum atomic E-state index is 11.4. The standard InChI is InChI=1S/C20H26N2O4/c1-2-3-4-8-11-18(15-23)19(14-21-24)26-20-12-13-22(20)25-16-17-9-6-5-7-10-17/h4-10,14-15,18,20H,2-3,11-13,16H2,1H3/b8-4+,19-14-/t18?,20-/m1/s1. The fourth-order valence-electron chi connectivity index (χ4n) is 2.53. The van der Waals surface area contributed by atoms with Gasteiger partial charge < -0.3 is 9.53 Å². The number of carbonyl (C=O) groups is 1. The van der Waals surface area contributed by atoms with Crippen molar-refractivity contribution >= 4 is 6.29 Å². The lowest BCUT2D eigenvalue weighted by molar-refractivity contribution is -0.300. The molecule has 1 aliphatic rings. The van der Waals surface area contributed by atoms with Gasteiger partial charge in [-0.05, 0) is 23.6 Å². The smallest absolute Gasteiger partial charge is 0.175 e. The molecule has 0 bridgehead atoms. The molecule has 0 amide bonds. The molecule has 1 unspecified atom stereocenters. The first-order valence-corrected chi connectivity index (χ1v) is 9.01. The van der Waals surface area contributed by atoms with Crippen LogP contribution in [0.25, 0.3) is 0 Å². The van der Waals surface area contributed by atoms with Crippen molar-refractivity contribution in [1.29, 1.82) is 0 Å². The molecule has 1 aromatic rings. The van der Waals surface area contributed by atoms with E-state index in [0.717, 1.165) is 43.9 Å². The number of unbranched alkanes of at least 4 members (excludes halogenated alkanes) is 1. The average Bonchev–Trinajstić information content (AvgIpc) is 2.65. The van der Waals surface area contributed by atoms with Gasteiger partial charge in [-0.15, -0.1) is 9.97 Å². The molecule has 1 aliphatic heterocycles. The van der Waals surface area contributed by atoms with E-state index in [-0.39, 0.29) is 12.0 Å².